The number of nitrogens with two attached hydrogens (primary N) is 1. The van der Waals surface area contributed by atoms with Crippen LogP contribution < -0.4 is 16.0 Å². The summed E-state index contributed by atoms with van der Waals surface area (Å²) in [4.78, 5) is 16.0. The molecule has 0 saturated heterocycles. The summed E-state index contributed by atoms with van der Waals surface area (Å²) in [6.07, 6.45) is 1.06. The molecule has 3 N–H and O–H groups in total. The Morgan fingerprint density at radius 2 is 1.95 bits per heavy atom. The second-order valence-electron chi connectivity index (χ2n) is 5.14. The molecule has 0 aliphatic heterocycles. The summed E-state index contributed by atoms with van der Waals surface area (Å²) >= 11 is 0. The van der Waals surface area contributed by atoms with Gasteiger partial charge in [0.15, 0.2) is 0 Å². The van der Waals surface area contributed by atoms with Gasteiger partial charge in [-0.3, -0.25) is 4.79 Å². The van der Waals surface area contributed by atoms with Crippen molar-refractivity contribution in [3.05, 3.63) is 23.8 Å². The fraction of sp³-hybridized carbons (Fsp3) is 0.533. The SMILES string of the molecule is CCCN(CCN(C)C)c1ccc(C(=O)NC)cc1N. The standard InChI is InChI=1S/C15H26N4O/c1-5-8-19(10-9-18(3)4)14-7-6-12(11-13(14)16)15(20)17-2/h6-7,11H,5,8-10,16H2,1-4H3,(H,17,20). The Hall–Kier alpha value is -1.75. The molecule has 0 radical (unpaired) electrons. The lowest BCUT2D eigenvalue weighted by Crippen LogP contribution is -2.33. The highest BCUT2D eigenvalue weighted by atomic mass is 16.1. The van der Waals surface area contributed by atoms with Gasteiger partial charge in [0.25, 0.3) is 5.91 Å². The number of carbonyl (C=O) groups is 1. The van der Waals surface area contributed by atoms with Crippen LogP contribution in [0.15, 0.2) is 18.2 Å². The number of rotatable bonds is 7. The molecule has 0 unspecified atom stereocenters. The summed E-state index contributed by atoms with van der Waals surface area (Å²) in [5.41, 5.74) is 8.36. The van der Waals surface area contributed by atoms with Crippen molar-refractivity contribution in [1.29, 1.82) is 0 Å². The number of nitrogen functional groups attached to an aromatic ring is 1. The maximum absolute atomic E-state index is 11.6. The second kappa shape index (κ2) is 7.75. The van der Waals surface area contributed by atoms with Gasteiger partial charge in [-0.2, -0.15) is 0 Å². The van der Waals surface area contributed by atoms with Crippen LogP contribution in [0.4, 0.5) is 11.4 Å². The first-order valence-corrected chi connectivity index (χ1v) is 7.00. The van der Waals surface area contributed by atoms with Crippen LogP contribution in [-0.4, -0.2) is 51.6 Å². The van der Waals surface area contributed by atoms with Crippen LogP contribution in [-0.2, 0) is 0 Å². The normalized spacial score (nSPS) is 10.7. The van der Waals surface area contributed by atoms with Crippen molar-refractivity contribution in [2.24, 2.45) is 0 Å². The molecule has 0 atom stereocenters. The molecule has 20 heavy (non-hydrogen) atoms. The van der Waals surface area contributed by atoms with E-state index in [0.717, 1.165) is 31.7 Å². The van der Waals surface area contributed by atoms with E-state index < -0.39 is 0 Å². The van der Waals surface area contributed by atoms with Gasteiger partial charge in [-0.15, -0.1) is 0 Å². The van der Waals surface area contributed by atoms with Crippen LogP contribution in [0.5, 0.6) is 0 Å². The van der Waals surface area contributed by atoms with Gasteiger partial charge in [0.2, 0.25) is 0 Å². The van der Waals surface area contributed by atoms with Crippen molar-refractivity contribution in [2.45, 2.75) is 13.3 Å². The first kappa shape index (κ1) is 16.3. The van der Waals surface area contributed by atoms with E-state index in [1.165, 1.54) is 0 Å². The number of carbonyl (C=O) groups excluding carboxylic acids is 1. The molecule has 0 aliphatic carbocycles. The van der Waals surface area contributed by atoms with Gasteiger partial charge in [-0.05, 0) is 38.7 Å². The Labute approximate surface area is 121 Å². The molecule has 1 aromatic carbocycles. The highest BCUT2D eigenvalue weighted by Gasteiger charge is 2.12. The van der Waals surface area contributed by atoms with Crippen molar-refractivity contribution < 1.29 is 4.79 Å². The molecule has 0 aromatic heterocycles. The van der Waals surface area contributed by atoms with Gasteiger partial charge in [-0.1, -0.05) is 6.92 Å². The number of hydrogen-bond donors (Lipinski definition) is 2. The molecule has 0 saturated carbocycles. The van der Waals surface area contributed by atoms with Crippen LogP contribution in [0, 0.1) is 0 Å². The summed E-state index contributed by atoms with van der Waals surface area (Å²) in [6.45, 7) is 5.00. The summed E-state index contributed by atoms with van der Waals surface area (Å²) in [5.74, 6) is -0.112. The number of hydrogen-bond acceptors (Lipinski definition) is 4. The number of benzene rings is 1. The van der Waals surface area contributed by atoms with Crippen molar-refractivity contribution in [3.8, 4) is 0 Å². The van der Waals surface area contributed by atoms with Gasteiger partial charge in [0.1, 0.15) is 0 Å². The third-order valence-corrected chi connectivity index (χ3v) is 3.17. The van der Waals surface area contributed by atoms with Crippen LogP contribution >= 0.6 is 0 Å². The van der Waals surface area contributed by atoms with Crippen LogP contribution in [0.25, 0.3) is 0 Å². The van der Waals surface area contributed by atoms with E-state index in [1.54, 1.807) is 13.1 Å². The van der Waals surface area contributed by atoms with Gasteiger partial charge >= 0.3 is 0 Å². The highest BCUT2D eigenvalue weighted by molar-refractivity contribution is 5.96. The Morgan fingerprint density at radius 3 is 2.45 bits per heavy atom. The number of nitrogens with zero attached hydrogens (tertiary/aromatic N) is 2. The maximum atomic E-state index is 11.6. The molecule has 112 valence electrons. The summed E-state index contributed by atoms with van der Waals surface area (Å²) in [7, 11) is 5.73. The largest absolute Gasteiger partial charge is 0.397 e. The van der Waals surface area contributed by atoms with Gasteiger partial charge in [-0.25, -0.2) is 0 Å². The van der Waals surface area contributed by atoms with Crippen LogP contribution in [0.2, 0.25) is 0 Å². The first-order valence-electron chi connectivity index (χ1n) is 7.00. The Kier molecular flexibility index (Phi) is 6.31. The van der Waals surface area contributed by atoms with Gasteiger partial charge in [0, 0.05) is 32.2 Å². The zero-order chi connectivity index (χ0) is 15.1. The number of anilines is 2. The summed E-state index contributed by atoms with van der Waals surface area (Å²) < 4.78 is 0. The fourth-order valence-electron chi connectivity index (χ4n) is 2.07. The molecule has 0 fully saturated rings. The molecule has 1 amide bonds. The molecule has 0 spiro atoms. The van der Waals surface area contributed by atoms with E-state index in [9.17, 15) is 4.79 Å². The van der Waals surface area contributed by atoms with Crippen molar-refractivity contribution in [1.82, 2.24) is 10.2 Å². The molecular formula is C15H26N4O. The lowest BCUT2D eigenvalue weighted by atomic mass is 10.1. The summed E-state index contributed by atoms with van der Waals surface area (Å²) in [5, 5.41) is 2.61. The van der Waals surface area contributed by atoms with E-state index in [-0.39, 0.29) is 5.91 Å². The average molecular weight is 278 g/mol. The third kappa shape index (κ3) is 4.42. The van der Waals surface area contributed by atoms with Crippen molar-refractivity contribution in [2.75, 3.05) is 51.4 Å². The average Bonchev–Trinajstić information content (AvgIpc) is 2.42. The molecule has 1 aromatic rings. The topological polar surface area (TPSA) is 61.6 Å². The predicted molar refractivity (Wildman–Crippen MR) is 85.3 cm³/mol. The lowest BCUT2D eigenvalue weighted by molar-refractivity contribution is 0.0963. The van der Waals surface area contributed by atoms with Crippen LogP contribution in [0.3, 0.4) is 0 Å². The minimum Gasteiger partial charge on any atom is -0.397 e. The number of nitrogens with one attached hydrogen (secondary N) is 1. The molecule has 0 heterocycles. The van der Waals surface area contributed by atoms with Crippen molar-refractivity contribution in [3.63, 3.8) is 0 Å². The second-order valence-corrected chi connectivity index (χ2v) is 5.14. The van der Waals surface area contributed by atoms with Crippen LogP contribution in [0.1, 0.15) is 23.7 Å². The van der Waals surface area contributed by atoms with E-state index in [1.807, 2.05) is 12.1 Å². The minimum absolute atomic E-state index is 0.112. The zero-order valence-electron chi connectivity index (χ0n) is 12.9. The zero-order valence-corrected chi connectivity index (χ0v) is 12.9. The molecule has 5 nitrogen and oxygen atoms in total. The monoisotopic (exact) mass is 278 g/mol. The number of amides is 1. The van der Waals surface area contributed by atoms with Crippen molar-refractivity contribution >= 4 is 17.3 Å². The van der Waals surface area contributed by atoms with E-state index in [2.05, 4.69) is 36.1 Å². The van der Waals surface area contributed by atoms with E-state index in [4.69, 9.17) is 5.73 Å². The Morgan fingerprint density at radius 1 is 1.25 bits per heavy atom. The summed E-state index contributed by atoms with van der Waals surface area (Å²) in [6, 6.07) is 5.50. The van der Waals surface area contributed by atoms with Gasteiger partial charge in [0.05, 0.1) is 11.4 Å². The lowest BCUT2D eigenvalue weighted by Gasteiger charge is -2.27. The molecule has 5 heteroatoms. The molecule has 1 rings (SSSR count). The third-order valence-electron chi connectivity index (χ3n) is 3.17. The predicted octanol–water partition coefficient (Wildman–Crippen LogP) is 1.41. The smallest absolute Gasteiger partial charge is 0.251 e. The quantitative estimate of drug-likeness (QED) is 0.740. The molecular weight excluding hydrogens is 252 g/mol. The first-order chi connectivity index (χ1) is 9.49. The highest BCUT2D eigenvalue weighted by Crippen LogP contribution is 2.24. The Balaban J connectivity index is 2.93. The Bertz CT molecular complexity index is 445. The van der Waals surface area contributed by atoms with Gasteiger partial charge < -0.3 is 20.9 Å². The fourth-order valence-corrected chi connectivity index (χ4v) is 2.07. The number of likely N-dealkylation sites (N-methyl/N-ethyl adjacent to an activating group) is 1. The van der Waals surface area contributed by atoms with E-state index in [0.29, 0.717) is 11.3 Å². The molecule has 0 aliphatic rings. The molecule has 0 bridgehead atoms. The minimum atomic E-state index is -0.112. The van der Waals surface area contributed by atoms with E-state index >= 15 is 0 Å². The maximum Gasteiger partial charge on any atom is 0.251 e.